The Labute approximate surface area is 150 Å². The number of benzene rings is 2. The third-order valence-electron chi connectivity index (χ3n) is 4.61. The van der Waals surface area contributed by atoms with Gasteiger partial charge in [-0.3, -0.25) is 4.90 Å². The Morgan fingerprint density at radius 2 is 1.32 bits per heavy atom. The zero-order valence-corrected chi connectivity index (χ0v) is 15.1. The fourth-order valence-electron chi connectivity index (χ4n) is 3.41. The number of amides is 2. The average molecular weight is 337 g/mol. The Balaban J connectivity index is 1.75. The molecule has 0 atom stereocenters. The molecule has 2 aromatic rings. The highest BCUT2D eigenvalue weighted by atomic mass is 16.2. The summed E-state index contributed by atoms with van der Waals surface area (Å²) in [5, 5.41) is 2.99. The molecule has 1 saturated heterocycles. The summed E-state index contributed by atoms with van der Waals surface area (Å²) in [6.45, 7) is 7.26. The minimum Gasteiger partial charge on any atom is -0.336 e. The maximum Gasteiger partial charge on any atom is 0.317 e. The Kier molecular flexibility index (Phi) is 5.71. The number of hydrogen-bond donors (Lipinski definition) is 1. The van der Waals surface area contributed by atoms with Gasteiger partial charge in [-0.15, -0.1) is 0 Å². The van der Waals surface area contributed by atoms with Gasteiger partial charge in [0, 0.05) is 32.2 Å². The van der Waals surface area contributed by atoms with Gasteiger partial charge in [0.15, 0.2) is 0 Å². The summed E-state index contributed by atoms with van der Waals surface area (Å²) in [6, 6.07) is 21.7. The Morgan fingerprint density at radius 1 is 0.840 bits per heavy atom. The third-order valence-corrected chi connectivity index (χ3v) is 4.61. The van der Waals surface area contributed by atoms with Crippen molar-refractivity contribution in [3.63, 3.8) is 0 Å². The van der Waals surface area contributed by atoms with Gasteiger partial charge >= 0.3 is 6.03 Å². The maximum atomic E-state index is 12.2. The van der Waals surface area contributed by atoms with E-state index in [1.807, 2.05) is 18.7 Å². The molecule has 2 amide bonds. The van der Waals surface area contributed by atoms with Crippen molar-refractivity contribution in [3.8, 4) is 0 Å². The van der Waals surface area contributed by atoms with E-state index in [-0.39, 0.29) is 18.1 Å². The van der Waals surface area contributed by atoms with Gasteiger partial charge in [-0.05, 0) is 25.0 Å². The minimum atomic E-state index is 0.0469. The van der Waals surface area contributed by atoms with Crippen LogP contribution in [-0.2, 0) is 0 Å². The molecular formula is C21H27N3O. The molecule has 0 bridgehead atoms. The van der Waals surface area contributed by atoms with Gasteiger partial charge in [-0.1, -0.05) is 60.7 Å². The number of carbonyl (C=O) groups excluding carboxylic acids is 1. The van der Waals surface area contributed by atoms with Crippen LogP contribution in [0.3, 0.4) is 0 Å². The molecule has 4 heteroatoms. The van der Waals surface area contributed by atoms with Gasteiger partial charge in [0.1, 0.15) is 0 Å². The van der Waals surface area contributed by atoms with Gasteiger partial charge in [-0.25, -0.2) is 4.79 Å². The van der Waals surface area contributed by atoms with Crippen molar-refractivity contribution in [2.45, 2.75) is 25.9 Å². The highest BCUT2D eigenvalue weighted by Crippen LogP contribution is 2.29. The predicted octanol–water partition coefficient (Wildman–Crippen LogP) is 3.51. The second-order valence-electron chi connectivity index (χ2n) is 6.85. The molecule has 1 N–H and O–H groups in total. The van der Waals surface area contributed by atoms with E-state index in [2.05, 4.69) is 70.9 Å². The molecule has 0 aliphatic carbocycles. The number of nitrogens with zero attached hydrogens (tertiary/aromatic N) is 2. The van der Waals surface area contributed by atoms with Crippen LogP contribution >= 0.6 is 0 Å². The van der Waals surface area contributed by atoms with Gasteiger partial charge < -0.3 is 10.2 Å². The SMILES string of the molecule is CC(C)NC(=O)N1CCN(C(c2ccccc2)c2ccccc2)CC1. The fraction of sp³-hybridized carbons (Fsp3) is 0.381. The van der Waals surface area contributed by atoms with Gasteiger partial charge in [0.05, 0.1) is 6.04 Å². The van der Waals surface area contributed by atoms with Crippen LogP contribution in [0.2, 0.25) is 0 Å². The quantitative estimate of drug-likeness (QED) is 0.927. The van der Waals surface area contributed by atoms with Crippen molar-refractivity contribution in [3.05, 3.63) is 71.8 Å². The first kappa shape index (κ1) is 17.5. The number of piperazine rings is 1. The molecule has 1 aliphatic heterocycles. The van der Waals surface area contributed by atoms with Crippen molar-refractivity contribution >= 4 is 6.03 Å². The average Bonchev–Trinajstić information content (AvgIpc) is 2.64. The van der Waals surface area contributed by atoms with E-state index >= 15 is 0 Å². The lowest BCUT2D eigenvalue weighted by Crippen LogP contribution is -2.53. The van der Waals surface area contributed by atoms with Crippen LogP contribution in [0.1, 0.15) is 31.0 Å². The molecule has 1 heterocycles. The smallest absolute Gasteiger partial charge is 0.317 e. The van der Waals surface area contributed by atoms with Crippen LogP contribution < -0.4 is 5.32 Å². The first-order valence-electron chi connectivity index (χ1n) is 9.04. The molecule has 25 heavy (non-hydrogen) atoms. The standard InChI is InChI=1S/C21H27N3O/c1-17(2)22-21(25)24-15-13-23(14-16-24)20(18-9-5-3-6-10-18)19-11-7-4-8-12-19/h3-12,17,20H,13-16H2,1-2H3,(H,22,25). The monoisotopic (exact) mass is 337 g/mol. The first-order valence-corrected chi connectivity index (χ1v) is 9.04. The molecule has 4 nitrogen and oxygen atoms in total. The van der Waals surface area contributed by atoms with Crippen molar-refractivity contribution < 1.29 is 4.79 Å². The van der Waals surface area contributed by atoms with E-state index in [4.69, 9.17) is 0 Å². The van der Waals surface area contributed by atoms with Crippen LogP contribution in [0.4, 0.5) is 4.79 Å². The molecular weight excluding hydrogens is 310 g/mol. The second kappa shape index (κ2) is 8.17. The summed E-state index contributed by atoms with van der Waals surface area (Å²) >= 11 is 0. The predicted molar refractivity (Wildman–Crippen MR) is 102 cm³/mol. The number of rotatable bonds is 4. The summed E-state index contributed by atoms with van der Waals surface area (Å²) in [7, 11) is 0. The summed E-state index contributed by atoms with van der Waals surface area (Å²) in [5.41, 5.74) is 2.60. The van der Waals surface area contributed by atoms with Gasteiger partial charge in [-0.2, -0.15) is 0 Å². The molecule has 3 rings (SSSR count). The zero-order valence-electron chi connectivity index (χ0n) is 15.1. The molecule has 132 valence electrons. The molecule has 1 fully saturated rings. The normalized spacial score (nSPS) is 15.6. The van der Waals surface area contributed by atoms with Crippen LogP contribution in [0, 0.1) is 0 Å². The molecule has 0 saturated carbocycles. The van der Waals surface area contributed by atoms with Crippen molar-refractivity contribution in [2.75, 3.05) is 26.2 Å². The number of hydrogen-bond acceptors (Lipinski definition) is 2. The molecule has 0 aromatic heterocycles. The van der Waals surface area contributed by atoms with Crippen LogP contribution in [0.15, 0.2) is 60.7 Å². The minimum absolute atomic E-state index is 0.0469. The number of carbonyl (C=O) groups is 1. The summed E-state index contributed by atoms with van der Waals surface area (Å²) in [5.74, 6) is 0. The van der Waals surface area contributed by atoms with E-state index in [0.717, 1.165) is 26.2 Å². The summed E-state index contributed by atoms with van der Waals surface area (Å²) in [6.07, 6.45) is 0. The molecule has 0 spiro atoms. The lowest BCUT2D eigenvalue weighted by atomic mass is 9.96. The molecule has 0 radical (unpaired) electrons. The van der Waals surface area contributed by atoms with E-state index in [1.54, 1.807) is 0 Å². The van der Waals surface area contributed by atoms with E-state index in [9.17, 15) is 4.79 Å². The lowest BCUT2D eigenvalue weighted by molar-refractivity contribution is 0.119. The maximum absolute atomic E-state index is 12.2. The number of urea groups is 1. The van der Waals surface area contributed by atoms with Crippen LogP contribution in [0.25, 0.3) is 0 Å². The zero-order chi connectivity index (χ0) is 17.6. The first-order chi connectivity index (χ1) is 12.1. The van der Waals surface area contributed by atoms with E-state index in [0.29, 0.717) is 0 Å². The Hall–Kier alpha value is -2.33. The van der Waals surface area contributed by atoms with Crippen molar-refractivity contribution in [1.29, 1.82) is 0 Å². The van der Waals surface area contributed by atoms with Crippen LogP contribution in [0.5, 0.6) is 0 Å². The van der Waals surface area contributed by atoms with Gasteiger partial charge in [0.2, 0.25) is 0 Å². The third kappa shape index (κ3) is 4.40. The summed E-state index contributed by atoms with van der Waals surface area (Å²) < 4.78 is 0. The largest absolute Gasteiger partial charge is 0.336 e. The highest BCUT2D eigenvalue weighted by molar-refractivity contribution is 5.74. The molecule has 1 aliphatic rings. The highest BCUT2D eigenvalue weighted by Gasteiger charge is 2.28. The number of nitrogens with one attached hydrogen (secondary N) is 1. The fourth-order valence-corrected chi connectivity index (χ4v) is 3.41. The Bertz CT molecular complexity index is 625. The van der Waals surface area contributed by atoms with E-state index < -0.39 is 0 Å². The second-order valence-corrected chi connectivity index (χ2v) is 6.85. The lowest BCUT2D eigenvalue weighted by Gasteiger charge is -2.40. The van der Waals surface area contributed by atoms with Crippen molar-refractivity contribution in [2.24, 2.45) is 0 Å². The topological polar surface area (TPSA) is 35.6 Å². The molecule has 2 aromatic carbocycles. The van der Waals surface area contributed by atoms with Gasteiger partial charge in [0.25, 0.3) is 0 Å². The van der Waals surface area contributed by atoms with E-state index in [1.165, 1.54) is 11.1 Å². The van der Waals surface area contributed by atoms with Crippen LogP contribution in [-0.4, -0.2) is 48.1 Å². The van der Waals surface area contributed by atoms with Crippen molar-refractivity contribution in [1.82, 2.24) is 15.1 Å². The Morgan fingerprint density at radius 3 is 1.76 bits per heavy atom. The summed E-state index contributed by atoms with van der Waals surface area (Å²) in [4.78, 5) is 16.6. The molecule has 0 unspecified atom stereocenters.